The molecule has 2 amide bonds. The van der Waals surface area contributed by atoms with Crippen LogP contribution in [-0.4, -0.2) is 69.3 Å². The molecule has 2 atom stereocenters. The summed E-state index contributed by atoms with van der Waals surface area (Å²) in [7, 11) is 1.36. The molecule has 1 fully saturated rings. The summed E-state index contributed by atoms with van der Waals surface area (Å²) in [6.07, 6.45) is 0. The molecule has 0 aromatic carbocycles. The molecule has 0 bridgehead atoms. The Hall–Kier alpha value is -1.59. The first-order chi connectivity index (χ1) is 12.5. The molecule has 1 saturated heterocycles. The first-order valence-electron chi connectivity index (χ1n) is 7.70. The van der Waals surface area contributed by atoms with Crippen LogP contribution in [0.3, 0.4) is 0 Å². The molecule has 140 valence electrons. The molecule has 0 aliphatic carbocycles. The third-order valence-corrected chi connectivity index (χ3v) is 7.63. The number of carbonyl (C=O) groups excluding carboxylic acids is 2. The Bertz CT molecular complexity index is 749. The summed E-state index contributed by atoms with van der Waals surface area (Å²) in [6, 6.07) is -0.779. The summed E-state index contributed by atoms with van der Waals surface area (Å²) in [6.45, 7) is 1.69. The highest BCUT2D eigenvalue weighted by Gasteiger charge is 2.54. The van der Waals surface area contributed by atoms with Crippen LogP contribution in [0.15, 0.2) is 26.7 Å². The molecule has 8 nitrogen and oxygen atoms in total. The van der Waals surface area contributed by atoms with E-state index in [1.165, 1.54) is 35.5 Å². The molecule has 11 heteroatoms. The molecule has 0 radical (unpaired) electrons. The molecular weight excluding hydrogens is 398 g/mol. The Labute approximate surface area is 162 Å². The second-order valence-corrected chi connectivity index (χ2v) is 8.84. The second-order valence-electron chi connectivity index (χ2n) is 5.62. The van der Waals surface area contributed by atoms with Gasteiger partial charge in [0.2, 0.25) is 0 Å². The van der Waals surface area contributed by atoms with Gasteiger partial charge in [0.1, 0.15) is 24.2 Å². The molecular formula is C15H17N3O5S3. The molecule has 0 spiro atoms. The zero-order chi connectivity index (χ0) is 18.8. The fourth-order valence-electron chi connectivity index (χ4n) is 2.77. The van der Waals surface area contributed by atoms with Crippen LogP contribution >= 0.6 is 35.3 Å². The van der Waals surface area contributed by atoms with Crippen molar-refractivity contribution in [3.05, 3.63) is 21.6 Å². The highest BCUT2D eigenvalue weighted by Crippen LogP contribution is 2.40. The molecule has 0 saturated carbocycles. The van der Waals surface area contributed by atoms with Crippen molar-refractivity contribution in [2.45, 2.75) is 18.3 Å². The van der Waals surface area contributed by atoms with E-state index in [1.54, 1.807) is 18.7 Å². The van der Waals surface area contributed by atoms with Crippen LogP contribution in [0, 0.1) is 0 Å². The monoisotopic (exact) mass is 415 g/mol. The molecule has 3 aliphatic rings. The molecule has 26 heavy (non-hydrogen) atoms. The van der Waals surface area contributed by atoms with Crippen LogP contribution in [0.1, 0.15) is 6.92 Å². The van der Waals surface area contributed by atoms with Gasteiger partial charge in [-0.3, -0.25) is 14.5 Å². The molecule has 3 aliphatic heterocycles. The van der Waals surface area contributed by atoms with Gasteiger partial charge in [-0.05, 0) is 17.9 Å². The molecule has 1 unspecified atom stereocenters. The van der Waals surface area contributed by atoms with Gasteiger partial charge < -0.3 is 15.3 Å². The maximum atomic E-state index is 12.6. The Morgan fingerprint density at radius 2 is 2.19 bits per heavy atom. The lowest BCUT2D eigenvalue weighted by atomic mass is 10.0. The van der Waals surface area contributed by atoms with E-state index in [0.29, 0.717) is 16.2 Å². The molecule has 0 aromatic heterocycles. The van der Waals surface area contributed by atoms with E-state index in [4.69, 9.17) is 4.84 Å². The smallest absolute Gasteiger partial charge is 0.352 e. The van der Waals surface area contributed by atoms with Crippen molar-refractivity contribution in [3.63, 3.8) is 0 Å². The largest absolute Gasteiger partial charge is 0.477 e. The average molecular weight is 416 g/mol. The number of oxime groups is 1. The lowest BCUT2D eigenvalue weighted by Gasteiger charge is -2.49. The zero-order valence-electron chi connectivity index (χ0n) is 14.1. The fraction of sp³-hybridized carbons (Fsp3) is 0.467. The number of amides is 2. The predicted molar refractivity (Wildman–Crippen MR) is 103 cm³/mol. The molecule has 0 aromatic rings. The molecule has 3 heterocycles. The van der Waals surface area contributed by atoms with Crippen molar-refractivity contribution in [3.8, 4) is 0 Å². The van der Waals surface area contributed by atoms with Crippen LogP contribution < -0.4 is 5.32 Å². The molecule has 3 rings (SSSR count). The summed E-state index contributed by atoms with van der Waals surface area (Å²) in [5.74, 6) is 0.243. The van der Waals surface area contributed by atoms with Crippen LogP contribution in [0.4, 0.5) is 0 Å². The molecule has 2 N–H and O–H groups in total. The van der Waals surface area contributed by atoms with E-state index >= 15 is 0 Å². The summed E-state index contributed by atoms with van der Waals surface area (Å²) in [5.41, 5.74) is 0.776. The highest BCUT2D eigenvalue weighted by molar-refractivity contribution is 8.10. The van der Waals surface area contributed by atoms with E-state index in [1.807, 2.05) is 5.41 Å². The predicted octanol–water partition coefficient (Wildman–Crippen LogP) is 1.07. The number of aliphatic carboxylic acids is 1. The van der Waals surface area contributed by atoms with E-state index in [9.17, 15) is 19.5 Å². The fourth-order valence-corrected chi connectivity index (χ4v) is 6.12. The maximum absolute atomic E-state index is 12.6. The van der Waals surface area contributed by atoms with Crippen molar-refractivity contribution < 1.29 is 24.3 Å². The Kier molecular flexibility index (Phi) is 5.88. The Morgan fingerprint density at radius 1 is 1.42 bits per heavy atom. The number of hydrogen-bond donors (Lipinski definition) is 2. The second kappa shape index (κ2) is 7.97. The van der Waals surface area contributed by atoms with Crippen LogP contribution in [-0.2, 0) is 19.2 Å². The normalized spacial score (nSPS) is 25.9. The van der Waals surface area contributed by atoms with Gasteiger partial charge in [-0.1, -0.05) is 5.16 Å². The quantitative estimate of drug-likeness (QED) is 0.390. The summed E-state index contributed by atoms with van der Waals surface area (Å²) >= 11 is 4.52. The number of carboxylic acid groups (broad SMARTS) is 1. The number of carbonyl (C=O) groups is 3. The number of thioether (sulfide) groups is 3. The van der Waals surface area contributed by atoms with Gasteiger partial charge in [0.15, 0.2) is 5.71 Å². The van der Waals surface area contributed by atoms with E-state index in [0.717, 1.165) is 11.5 Å². The van der Waals surface area contributed by atoms with Gasteiger partial charge in [0.25, 0.3) is 11.8 Å². The van der Waals surface area contributed by atoms with E-state index < -0.39 is 29.2 Å². The Morgan fingerprint density at radius 3 is 2.81 bits per heavy atom. The maximum Gasteiger partial charge on any atom is 0.352 e. The van der Waals surface area contributed by atoms with Gasteiger partial charge in [0, 0.05) is 22.2 Å². The summed E-state index contributed by atoms with van der Waals surface area (Å²) < 4.78 is 0. The lowest BCUT2D eigenvalue weighted by Crippen LogP contribution is -2.71. The first-order valence-corrected chi connectivity index (χ1v) is 10.8. The number of β-lactam (4-membered cyclic amide) rings is 1. The minimum Gasteiger partial charge on any atom is -0.477 e. The van der Waals surface area contributed by atoms with Gasteiger partial charge >= 0.3 is 5.97 Å². The van der Waals surface area contributed by atoms with Gasteiger partial charge in [-0.2, -0.15) is 0 Å². The topological polar surface area (TPSA) is 108 Å². The third-order valence-electron chi connectivity index (χ3n) is 3.93. The van der Waals surface area contributed by atoms with Crippen molar-refractivity contribution >= 4 is 58.8 Å². The highest BCUT2D eigenvalue weighted by atomic mass is 32.2. The summed E-state index contributed by atoms with van der Waals surface area (Å²) in [4.78, 5) is 43.3. The average Bonchev–Trinajstić information content (AvgIpc) is 2.64. The van der Waals surface area contributed by atoms with E-state index in [-0.39, 0.29) is 11.4 Å². The van der Waals surface area contributed by atoms with Crippen LogP contribution in [0.25, 0.3) is 0 Å². The number of fused-ring (bicyclic) bond motifs is 1. The standard InChI is InChI=1S/C15H17N3O5S3/c1-7-5-26-14-10(13(20)18(14)11(7)15(21)22)16-12(19)9(17-23-2)8-6-24-3-4-25-8/h6,10,14H,3-5H2,1-2H3,(H,16,19)(H,21,22)/b17-9-/t10?,14-/m1/s1. The SMILES string of the molecule is CO/N=C(\C(=O)NC1C(=O)N2C(C(=O)O)=C(C)CS[C@H]12)C1=CSCCS1. The lowest BCUT2D eigenvalue weighted by molar-refractivity contribution is -0.150. The Balaban J connectivity index is 1.75. The minimum absolute atomic E-state index is 0.0111. The number of hydrogen-bond acceptors (Lipinski definition) is 8. The van der Waals surface area contributed by atoms with Crippen molar-refractivity contribution in [1.82, 2.24) is 10.2 Å². The van der Waals surface area contributed by atoms with Crippen molar-refractivity contribution in [2.24, 2.45) is 5.16 Å². The van der Waals surface area contributed by atoms with Gasteiger partial charge in [-0.25, -0.2) is 4.79 Å². The summed E-state index contributed by atoms with van der Waals surface area (Å²) in [5, 5.41) is 17.3. The van der Waals surface area contributed by atoms with Crippen LogP contribution in [0.2, 0.25) is 0 Å². The van der Waals surface area contributed by atoms with E-state index in [2.05, 4.69) is 10.5 Å². The van der Waals surface area contributed by atoms with Crippen molar-refractivity contribution in [1.29, 1.82) is 0 Å². The van der Waals surface area contributed by atoms with Gasteiger partial charge in [-0.15, -0.1) is 35.3 Å². The number of nitrogens with zero attached hydrogens (tertiary/aromatic N) is 2. The third kappa shape index (κ3) is 3.47. The number of rotatable bonds is 5. The van der Waals surface area contributed by atoms with Crippen LogP contribution in [0.5, 0.6) is 0 Å². The van der Waals surface area contributed by atoms with Crippen molar-refractivity contribution in [2.75, 3.05) is 24.4 Å². The minimum atomic E-state index is -1.13. The van der Waals surface area contributed by atoms with Gasteiger partial charge in [0.05, 0.1) is 0 Å². The first kappa shape index (κ1) is 19.2. The number of carboxylic acids is 1. The number of nitrogens with one attached hydrogen (secondary N) is 1. The zero-order valence-corrected chi connectivity index (χ0v) is 16.5.